The minimum absolute atomic E-state index is 0.00641. The number of aromatic nitrogens is 3. The maximum absolute atomic E-state index is 13.0. The maximum atomic E-state index is 13.0. The number of carbonyl (C=O) groups is 2. The fourth-order valence-electron chi connectivity index (χ4n) is 3.53. The second-order valence-corrected chi connectivity index (χ2v) is 10.2. The number of halogens is 2. The van der Waals surface area contributed by atoms with Gasteiger partial charge in [0.1, 0.15) is 0 Å². The van der Waals surface area contributed by atoms with Gasteiger partial charge in [0.05, 0.1) is 22.4 Å². The summed E-state index contributed by atoms with van der Waals surface area (Å²) in [5.74, 6) is 0.359. The average molecular weight is 547 g/mol. The van der Waals surface area contributed by atoms with Crippen LogP contribution >= 0.6 is 35.0 Å². The summed E-state index contributed by atoms with van der Waals surface area (Å²) >= 11 is 13.5. The molecule has 0 unspecified atom stereocenters. The van der Waals surface area contributed by atoms with Gasteiger partial charge in [0.2, 0.25) is 5.91 Å². The summed E-state index contributed by atoms with van der Waals surface area (Å²) in [6, 6.07) is 14.3. The molecule has 0 bridgehead atoms. The van der Waals surface area contributed by atoms with Crippen molar-refractivity contribution in [2.75, 3.05) is 12.3 Å². The molecule has 7 nitrogen and oxygen atoms in total. The van der Waals surface area contributed by atoms with Gasteiger partial charge in [-0.25, -0.2) is 0 Å². The fourth-order valence-corrected chi connectivity index (χ4v) is 4.81. The zero-order chi connectivity index (χ0) is 26.1. The van der Waals surface area contributed by atoms with E-state index in [-0.39, 0.29) is 28.5 Å². The Kier molecular flexibility index (Phi) is 10.4. The van der Waals surface area contributed by atoms with Crippen LogP contribution in [0.15, 0.2) is 66.3 Å². The van der Waals surface area contributed by atoms with E-state index in [0.717, 1.165) is 6.42 Å². The third-order valence-electron chi connectivity index (χ3n) is 5.38. The second-order valence-electron chi connectivity index (χ2n) is 8.43. The monoisotopic (exact) mass is 545 g/mol. The van der Waals surface area contributed by atoms with Crippen LogP contribution in [0.2, 0.25) is 10.0 Å². The molecule has 0 saturated heterocycles. The van der Waals surface area contributed by atoms with Crippen LogP contribution in [0.1, 0.15) is 41.6 Å². The average Bonchev–Trinajstić information content (AvgIpc) is 3.24. The molecule has 2 aromatic carbocycles. The lowest BCUT2D eigenvalue weighted by atomic mass is 10.0. The molecular formula is C26H29Cl2N5O2S. The number of allylic oxidation sites excluding steroid dienone is 1. The van der Waals surface area contributed by atoms with Gasteiger partial charge in [-0.3, -0.25) is 9.59 Å². The first-order valence-corrected chi connectivity index (χ1v) is 13.3. The highest BCUT2D eigenvalue weighted by molar-refractivity contribution is 7.99. The lowest BCUT2D eigenvalue weighted by Crippen LogP contribution is -2.34. The normalized spacial score (nSPS) is 11.8. The molecule has 0 spiro atoms. The number of thioether (sulfide) groups is 1. The summed E-state index contributed by atoms with van der Waals surface area (Å²) in [5, 5.41) is 15.9. The highest BCUT2D eigenvalue weighted by atomic mass is 35.5. The molecule has 1 atom stereocenters. The summed E-state index contributed by atoms with van der Waals surface area (Å²) in [4.78, 5) is 25.4. The molecule has 0 fully saturated rings. The van der Waals surface area contributed by atoms with Gasteiger partial charge in [-0.15, -0.1) is 16.8 Å². The van der Waals surface area contributed by atoms with E-state index in [0.29, 0.717) is 34.7 Å². The SMILES string of the molecule is C=CCn1c(SCC(=O)NCCc2ccccc2)nnc1[C@@H](NC(=O)c1ccc(Cl)cc1Cl)C(C)C. The second kappa shape index (κ2) is 13.5. The molecule has 1 aromatic heterocycles. The lowest BCUT2D eigenvalue weighted by Gasteiger charge is -2.23. The molecule has 2 N–H and O–H groups in total. The Labute approximate surface area is 225 Å². The van der Waals surface area contributed by atoms with Gasteiger partial charge in [-0.1, -0.05) is 85.2 Å². The van der Waals surface area contributed by atoms with Crippen LogP contribution in [-0.4, -0.2) is 38.9 Å². The molecule has 190 valence electrons. The molecule has 0 radical (unpaired) electrons. The Hall–Kier alpha value is -2.81. The van der Waals surface area contributed by atoms with Gasteiger partial charge in [0.25, 0.3) is 5.91 Å². The summed E-state index contributed by atoms with van der Waals surface area (Å²) < 4.78 is 1.86. The molecule has 36 heavy (non-hydrogen) atoms. The standard InChI is InChI=1S/C26H29Cl2N5O2S/c1-4-14-33-24(23(17(2)3)30-25(35)20-11-10-19(27)15-21(20)28)31-32-26(33)36-16-22(34)29-13-12-18-8-6-5-7-9-18/h4-11,15,17,23H,1,12-14,16H2,2-3H3,(H,29,34)(H,30,35)/t23-/m0/s1. The van der Waals surface area contributed by atoms with E-state index in [9.17, 15) is 9.59 Å². The van der Waals surface area contributed by atoms with Gasteiger partial charge in [0, 0.05) is 18.1 Å². The molecule has 0 aliphatic rings. The molecule has 10 heteroatoms. The maximum Gasteiger partial charge on any atom is 0.253 e. The van der Waals surface area contributed by atoms with E-state index >= 15 is 0 Å². The number of carbonyl (C=O) groups excluding carboxylic acids is 2. The van der Waals surface area contributed by atoms with Crippen molar-refractivity contribution in [2.45, 2.75) is 38.0 Å². The van der Waals surface area contributed by atoms with Gasteiger partial charge in [-0.05, 0) is 36.1 Å². The van der Waals surface area contributed by atoms with Crippen molar-refractivity contribution >= 4 is 46.8 Å². The third-order valence-corrected chi connectivity index (χ3v) is 6.89. The smallest absolute Gasteiger partial charge is 0.253 e. The van der Waals surface area contributed by atoms with E-state index in [1.807, 2.05) is 48.7 Å². The Morgan fingerprint density at radius 3 is 2.56 bits per heavy atom. The zero-order valence-electron chi connectivity index (χ0n) is 20.2. The summed E-state index contributed by atoms with van der Waals surface area (Å²) in [6.45, 7) is 8.78. The number of nitrogens with zero attached hydrogens (tertiary/aromatic N) is 3. The minimum Gasteiger partial charge on any atom is -0.355 e. The molecule has 0 aliphatic heterocycles. The molecular weight excluding hydrogens is 517 g/mol. The predicted molar refractivity (Wildman–Crippen MR) is 146 cm³/mol. The Balaban J connectivity index is 1.67. The summed E-state index contributed by atoms with van der Waals surface area (Å²) in [7, 11) is 0. The molecule has 3 aromatic rings. The van der Waals surface area contributed by atoms with Crippen molar-refractivity contribution in [3.8, 4) is 0 Å². The number of amides is 2. The molecule has 0 saturated carbocycles. The van der Waals surface area contributed by atoms with Crippen molar-refractivity contribution in [3.05, 3.63) is 88.2 Å². The van der Waals surface area contributed by atoms with Crippen LogP contribution in [0.4, 0.5) is 0 Å². The first kappa shape index (κ1) is 27.8. The first-order chi connectivity index (χ1) is 17.3. The fraction of sp³-hybridized carbons (Fsp3) is 0.308. The van der Waals surface area contributed by atoms with Crippen molar-refractivity contribution in [1.29, 1.82) is 0 Å². The predicted octanol–water partition coefficient (Wildman–Crippen LogP) is 5.35. The van der Waals surface area contributed by atoms with Gasteiger partial charge < -0.3 is 15.2 Å². The topological polar surface area (TPSA) is 88.9 Å². The highest BCUT2D eigenvalue weighted by Crippen LogP contribution is 2.27. The third kappa shape index (κ3) is 7.59. The van der Waals surface area contributed by atoms with Gasteiger partial charge in [0.15, 0.2) is 11.0 Å². The van der Waals surface area contributed by atoms with Crippen molar-refractivity contribution in [3.63, 3.8) is 0 Å². The van der Waals surface area contributed by atoms with E-state index in [1.165, 1.54) is 23.4 Å². The van der Waals surface area contributed by atoms with E-state index in [4.69, 9.17) is 23.2 Å². The number of hydrogen-bond acceptors (Lipinski definition) is 5. The van der Waals surface area contributed by atoms with Crippen molar-refractivity contribution in [2.24, 2.45) is 5.92 Å². The van der Waals surface area contributed by atoms with Crippen LogP contribution < -0.4 is 10.6 Å². The Morgan fingerprint density at radius 1 is 1.14 bits per heavy atom. The number of benzene rings is 2. The Morgan fingerprint density at radius 2 is 1.89 bits per heavy atom. The summed E-state index contributed by atoms with van der Waals surface area (Å²) in [6.07, 6.45) is 2.49. The molecule has 0 aliphatic carbocycles. The lowest BCUT2D eigenvalue weighted by molar-refractivity contribution is -0.118. The van der Waals surface area contributed by atoms with E-state index in [1.54, 1.807) is 18.2 Å². The van der Waals surface area contributed by atoms with Gasteiger partial charge >= 0.3 is 0 Å². The zero-order valence-corrected chi connectivity index (χ0v) is 22.5. The van der Waals surface area contributed by atoms with Crippen LogP contribution in [-0.2, 0) is 17.8 Å². The summed E-state index contributed by atoms with van der Waals surface area (Å²) in [5.41, 5.74) is 1.49. The van der Waals surface area contributed by atoms with Crippen LogP contribution in [0.25, 0.3) is 0 Å². The first-order valence-electron chi connectivity index (χ1n) is 11.5. The number of nitrogens with one attached hydrogen (secondary N) is 2. The number of hydrogen-bond donors (Lipinski definition) is 2. The van der Waals surface area contributed by atoms with Crippen molar-refractivity contribution < 1.29 is 9.59 Å². The van der Waals surface area contributed by atoms with E-state index < -0.39 is 6.04 Å². The Bertz CT molecular complexity index is 1200. The van der Waals surface area contributed by atoms with Crippen LogP contribution in [0, 0.1) is 5.92 Å². The number of rotatable bonds is 12. The van der Waals surface area contributed by atoms with Crippen molar-refractivity contribution in [1.82, 2.24) is 25.4 Å². The van der Waals surface area contributed by atoms with Crippen LogP contribution in [0.3, 0.4) is 0 Å². The van der Waals surface area contributed by atoms with E-state index in [2.05, 4.69) is 27.4 Å². The quantitative estimate of drug-likeness (QED) is 0.236. The molecule has 1 heterocycles. The molecule has 2 amide bonds. The van der Waals surface area contributed by atoms with Gasteiger partial charge in [-0.2, -0.15) is 0 Å². The highest BCUT2D eigenvalue weighted by Gasteiger charge is 2.27. The minimum atomic E-state index is -0.439. The van der Waals surface area contributed by atoms with Crippen LogP contribution in [0.5, 0.6) is 0 Å². The largest absolute Gasteiger partial charge is 0.355 e. The molecule has 3 rings (SSSR count).